The molecule has 0 unspecified atom stereocenters. The number of rotatable bonds is 4. The van der Waals surface area contributed by atoms with Crippen molar-refractivity contribution in [3.8, 4) is 0 Å². The average molecular weight is 283 g/mol. The van der Waals surface area contributed by atoms with Crippen LogP contribution in [0.4, 0.5) is 5.69 Å². The van der Waals surface area contributed by atoms with Crippen LogP contribution in [-0.4, -0.2) is 11.3 Å². The third-order valence-corrected chi connectivity index (χ3v) is 2.93. The first-order valence-corrected chi connectivity index (χ1v) is 6.84. The molecule has 0 aliphatic rings. The minimum Gasteiger partial charge on any atom is -0.331 e. The van der Waals surface area contributed by atoms with Crippen LogP contribution < -0.4 is 10.7 Å². The van der Waals surface area contributed by atoms with E-state index in [0.29, 0.717) is 5.11 Å². The van der Waals surface area contributed by atoms with Crippen molar-refractivity contribution >= 4 is 29.2 Å². The number of aryl methyl sites for hydroxylation is 1. The maximum atomic E-state index is 5.16. The molecule has 0 aromatic heterocycles. The molecule has 20 heavy (non-hydrogen) atoms. The van der Waals surface area contributed by atoms with Gasteiger partial charge in [-0.05, 0) is 36.8 Å². The van der Waals surface area contributed by atoms with Gasteiger partial charge in [0.1, 0.15) is 0 Å². The number of hydrazone groups is 1. The molecule has 0 saturated carbocycles. The number of thiocarbonyl (C=S) groups is 1. The summed E-state index contributed by atoms with van der Waals surface area (Å²) in [7, 11) is 0. The maximum Gasteiger partial charge on any atom is 0.191 e. The third kappa shape index (κ3) is 4.82. The van der Waals surface area contributed by atoms with Crippen molar-refractivity contribution in [3.63, 3.8) is 0 Å². The molecule has 0 saturated heterocycles. The highest BCUT2D eigenvalue weighted by atomic mass is 32.1. The Morgan fingerprint density at radius 3 is 2.50 bits per heavy atom. The van der Waals surface area contributed by atoms with Gasteiger partial charge in [-0.1, -0.05) is 48.0 Å². The van der Waals surface area contributed by atoms with Gasteiger partial charge in [0, 0.05) is 18.3 Å². The molecule has 2 rings (SSSR count). The molecule has 2 N–H and O–H groups in total. The van der Waals surface area contributed by atoms with E-state index in [4.69, 9.17) is 12.2 Å². The smallest absolute Gasteiger partial charge is 0.191 e. The van der Waals surface area contributed by atoms with Gasteiger partial charge < -0.3 is 5.32 Å². The second-order valence-electron chi connectivity index (χ2n) is 4.43. The second-order valence-corrected chi connectivity index (χ2v) is 4.84. The molecular weight excluding hydrogens is 266 g/mol. The Labute approximate surface area is 124 Å². The van der Waals surface area contributed by atoms with E-state index in [0.717, 1.165) is 12.1 Å². The van der Waals surface area contributed by atoms with E-state index < -0.39 is 0 Å². The summed E-state index contributed by atoms with van der Waals surface area (Å²) in [5, 5.41) is 7.66. The largest absolute Gasteiger partial charge is 0.331 e. The van der Waals surface area contributed by atoms with E-state index in [1.165, 1.54) is 11.1 Å². The number of nitrogens with zero attached hydrogens (tertiary/aromatic N) is 1. The molecule has 0 atom stereocenters. The van der Waals surface area contributed by atoms with Crippen molar-refractivity contribution in [2.45, 2.75) is 13.3 Å². The van der Waals surface area contributed by atoms with Crippen LogP contribution >= 0.6 is 12.2 Å². The summed E-state index contributed by atoms with van der Waals surface area (Å²) in [4.78, 5) is 0. The maximum absolute atomic E-state index is 5.16. The Hall–Kier alpha value is -2.20. The SMILES string of the molecule is Cc1ccc(NC(=S)NN=CCc2ccccc2)cc1. The lowest BCUT2D eigenvalue weighted by Crippen LogP contribution is -2.23. The van der Waals surface area contributed by atoms with Crippen LogP contribution in [0.3, 0.4) is 0 Å². The number of hydrogen-bond acceptors (Lipinski definition) is 2. The summed E-state index contributed by atoms with van der Waals surface area (Å²) in [6.07, 6.45) is 2.58. The van der Waals surface area contributed by atoms with Crippen LogP contribution in [0, 0.1) is 6.92 Å². The van der Waals surface area contributed by atoms with Crippen LogP contribution in [0.5, 0.6) is 0 Å². The molecule has 2 aromatic carbocycles. The molecule has 4 heteroatoms. The summed E-state index contributed by atoms with van der Waals surface area (Å²) in [6.45, 7) is 2.05. The first kappa shape index (κ1) is 14.2. The summed E-state index contributed by atoms with van der Waals surface area (Å²) in [6, 6.07) is 18.2. The molecule has 0 aliphatic carbocycles. The highest BCUT2D eigenvalue weighted by molar-refractivity contribution is 7.80. The van der Waals surface area contributed by atoms with Gasteiger partial charge in [-0.3, -0.25) is 5.43 Å². The quantitative estimate of drug-likeness (QED) is 0.512. The van der Waals surface area contributed by atoms with E-state index in [-0.39, 0.29) is 0 Å². The van der Waals surface area contributed by atoms with Gasteiger partial charge in [0.05, 0.1) is 0 Å². The van der Waals surface area contributed by atoms with Crippen molar-refractivity contribution in [2.24, 2.45) is 5.10 Å². The highest BCUT2D eigenvalue weighted by Gasteiger charge is 1.95. The lowest BCUT2D eigenvalue weighted by atomic mass is 10.2. The van der Waals surface area contributed by atoms with Gasteiger partial charge in [0.15, 0.2) is 5.11 Å². The van der Waals surface area contributed by atoms with Crippen LogP contribution in [-0.2, 0) is 6.42 Å². The van der Waals surface area contributed by atoms with Crippen molar-refractivity contribution in [2.75, 3.05) is 5.32 Å². The molecule has 0 amide bonds. The molecule has 0 aliphatic heterocycles. The van der Waals surface area contributed by atoms with E-state index >= 15 is 0 Å². The van der Waals surface area contributed by atoms with Crippen molar-refractivity contribution < 1.29 is 0 Å². The predicted molar refractivity (Wildman–Crippen MR) is 89.2 cm³/mol. The molecule has 0 heterocycles. The van der Waals surface area contributed by atoms with Crippen LogP contribution in [0.15, 0.2) is 59.7 Å². The second kappa shape index (κ2) is 7.40. The molecular formula is C16H17N3S. The van der Waals surface area contributed by atoms with Crippen molar-refractivity contribution in [3.05, 3.63) is 65.7 Å². The van der Waals surface area contributed by atoms with E-state index in [1.807, 2.05) is 49.4 Å². The monoisotopic (exact) mass is 283 g/mol. The number of anilines is 1. The summed E-state index contributed by atoms with van der Waals surface area (Å²) in [5.74, 6) is 0. The molecule has 0 fully saturated rings. The number of benzene rings is 2. The summed E-state index contributed by atoms with van der Waals surface area (Å²) < 4.78 is 0. The number of hydrogen-bond donors (Lipinski definition) is 2. The van der Waals surface area contributed by atoms with Gasteiger partial charge in [0.2, 0.25) is 0 Å². The highest BCUT2D eigenvalue weighted by Crippen LogP contribution is 2.08. The number of nitrogens with one attached hydrogen (secondary N) is 2. The fraction of sp³-hybridized carbons (Fsp3) is 0.125. The van der Waals surface area contributed by atoms with Crippen LogP contribution in [0.2, 0.25) is 0 Å². The molecule has 0 radical (unpaired) electrons. The van der Waals surface area contributed by atoms with Gasteiger partial charge in [-0.15, -0.1) is 0 Å². The molecule has 3 nitrogen and oxygen atoms in total. The topological polar surface area (TPSA) is 36.4 Å². The van der Waals surface area contributed by atoms with E-state index in [1.54, 1.807) is 6.21 Å². The standard InChI is InChI=1S/C16H17N3S/c1-13-7-9-15(10-8-13)18-16(20)19-17-12-11-14-5-3-2-4-6-14/h2-10,12H,11H2,1H3,(H2,18,19,20). The first-order valence-electron chi connectivity index (χ1n) is 6.43. The zero-order valence-corrected chi connectivity index (χ0v) is 12.2. The Morgan fingerprint density at radius 1 is 1.10 bits per heavy atom. The van der Waals surface area contributed by atoms with Crippen molar-refractivity contribution in [1.82, 2.24) is 5.43 Å². The van der Waals surface area contributed by atoms with Gasteiger partial charge in [0.25, 0.3) is 0 Å². The van der Waals surface area contributed by atoms with Gasteiger partial charge in [-0.25, -0.2) is 0 Å². The first-order chi connectivity index (χ1) is 9.74. The van der Waals surface area contributed by atoms with Crippen molar-refractivity contribution in [1.29, 1.82) is 0 Å². The zero-order valence-electron chi connectivity index (χ0n) is 11.3. The Morgan fingerprint density at radius 2 is 1.80 bits per heavy atom. The fourth-order valence-electron chi connectivity index (χ4n) is 1.67. The van der Waals surface area contributed by atoms with Gasteiger partial charge in [-0.2, -0.15) is 5.10 Å². The Kier molecular flexibility index (Phi) is 5.26. The third-order valence-electron chi connectivity index (χ3n) is 2.74. The lowest BCUT2D eigenvalue weighted by molar-refractivity contribution is 1.04. The molecule has 0 spiro atoms. The van der Waals surface area contributed by atoms with E-state index in [2.05, 4.69) is 28.0 Å². The predicted octanol–water partition coefficient (Wildman–Crippen LogP) is 3.51. The van der Waals surface area contributed by atoms with E-state index in [9.17, 15) is 0 Å². The lowest BCUT2D eigenvalue weighted by Gasteiger charge is -2.06. The molecule has 0 bridgehead atoms. The minimum absolute atomic E-state index is 0.484. The zero-order chi connectivity index (χ0) is 14.2. The van der Waals surface area contributed by atoms with Crippen LogP contribution in [0.1, 0.15) is 11.1 Å². The Balaban J connectivity index is 1.76. The van der Waals surface area contributed by atoms with Crippen LogP contribution in [0.25, 0.3) is 0 Å². The average Bonchev–Trinajstić information content (AvgIpc) is 2.47. The fourth-order valence-corrected chi connectivity index (χ4v) is 1.84. The minimum atomic E-state index is 0.484. The van der Waals surface area contributed by atoms with Gasteiger partial charge >= 0.3 is 0 Å². The molecule has 2 aromatic rings. The Bertz CT molecular complexity index is 576. The summed E-state index contributed by atoms with van der Waals surface area (Å²) in [5.41, 5.74) is 6.19. The molecule has 102 valence electrons. The summed E-state index contributed by atoms with van der Waals surface area (Å²) >= 11 is 5.16. The normalized spacial score (nSPS) is 10.4.